The van der Waals surface area contributed by atoms with Gasteiger partial charge >= 0.3 is 11.9 Å². The number of nitrogens with one attached hydrogen (secondary N) is 1. The number of methoxy groups -OCH3 is 1. The van der Waals surface area contributed by atoms with E-state index in [2.05, 4.69) is 10.1 Å². The van der Waals surface area contributed by atoms with E-state index < -0.39 is 159 Å². The molecule has 0 spiro atoms. The number of allylic oxidation sites excluding steroid dienone is 12. The smallest absolute Gasteiger partial charge is 0.330 e. The second-order valence-corrected chi connectivity index (χ2v) is 19.0. The molecule has 3 heterocycles. The lowest BCUT2D eigenvalue weighted by Gasteiger charge is -2.46. The van der Waals surface area contributed by atoms with E-state index in [1.54, 1.807) is 86.8 Å². The summed E-state index contributed by atoms with van der Waals surface area (Å²) in [6.45, 7) is 5.82. The lowest BCUT2D eigenvalue weighted by Crippen LogP contribution is -2.62. The fourth-order valence-electron chi connectivity index (χ4n) is 8.56. The second kappa shape index (κ2) is 31.0. The van der Waals surface area contributed by atoms with Gasteiger partial charge in [-0.2, -0.15) is 0 Å². The number of carbonyl (C=O) groups excluding carboxylic acids is 3. The molecule has 21 heteroatoms. The number of aliphatic hydroxyl groups excluding tert-OH is 10. The average molecular weight is 1030 g/mol. The van der Waals surface area contributed by atoms with Crippen LogP contribution in [0.25, 0.3) is 0 Å². The van der Waals surface area contributed by atoms with E-state index in [1.807, 2.05) is 13.0 Å². The lowest BCUT2D eigenvalue weighted by atomic mass is 9.82. The minimum Gasteiger partial charge on any atom is -0.467 e. The molecule has 1 unspecified atom stereocenters. The molecule has 0 aromatic heterocycles. The molecule has 3 aliphatic rings. The highest BCUT2D eigenvalue weighted by atomic mass is 16.7. The van der Waals surface area contributed by atoms with Crippen LogP contribution in [0.3, 0.4) is 0 Å². The highest BCUT2D eigenvalue weighted by molar-refractivity contribution is 5.86. The van der Waals surface area contributed by atoms with Crippen LogP contribution in [0.2, 0.25) is 0 Å². The molecule has 14 N–H and O–H groups in total. The Morgan fingerprint density at radius 1 is 0.722 bits per heavy atom. The quantitative estimate of drug-likeness (QED) is 0.146. The minimum absolute atomic E-state index is 0.175. The van der Waals surface area contributed by atoms with E-state index >= 15 is 0 Å². The maximum absolute atomic E-state index is 13.9. The van der Waals surface area contributed by atoms with Crippen LogP contribution in [-0.2, 0) is 38.1 Å². The van der Waals surface area contributed by atoms with Crippen LogP contribution in [0.1, 0.15) is 79.1 Å². The second-order valence-electron chi connectivity index (χ2n) is 19.0. The first-order valence-electron chi connectivity index (χ1n) is 24.5. The van der Waals surface area contributed by atoms with Gasteiger partial charge in [0.05, 0.1) is 99.2 Å². The Hall–Kier alpha value is -4.01. The molecule has 0 saturated carbocycles. The van der Waals surface area contributed by atoms with Gasteiger partial charge in [-0.05, 0) is 39.5 Å². The summed E-state index contributed by atoms with van der Waals surface area (Å²) in [6, 6.07) is -2.75. The third kappa shape index (κ3) is 20.4. The molecule has 2 bridgehead atoms. The maximum atomic E-state index is 13.9. The number of hydrogen-bond donors (Lipinski definition) is 13. The van der Waals surface area contributed by atoms with Crippen molar-refractivity contribution in [1.82, 2.24) is 5.32 Å². The Morgan fingerprint density at radius 3 is 1.86 bits per heavy atom. The minimum atomic E-state index is -2.44. The summed E-state index contributed by atoms with van der Waals surface area (Å²) in [5.74, 6) is -7.55. The molecule has 2 fully saturated rings. The average Bonchev–Trinajstić information content (AvgIpc) is 3.31. The molecule has 2 saturated heterocycles. The zero-order valence-electron chi connectivity index (χ0n) is 41.7. The van der Waals surface area contributed by atoms with Crippen molar-refractivity contribution < 1.29 is 94.2 Å². The van der Waals surface area contributed by atoms with Crippen molar-refractivity contribution in [2.24, 2.45) is 23.5 Å². The molecule has 0 aromatic rings. The van der Waals surface area contributed by atoms with Gasteiger partial charge in [0.25, 0.3) is 0 Å². The third-order valence-corrected chi connectivity index (χ3v) is 13.0. The predicted molar refractivity (Wildman–Crippen MR) is 260 cm³/mol. The molecule has 0 aromatic carbocycles. The molecule has 0 radical (unpaired) electrons. The van der Waals surface area contributed by atoms with Crippen molar-refractivity contribution in [3.05, 3.63) is 85.1 Å². The lowest BCUT2D eigenvalue weighted by molar-refractivity contribution is -0.308. The molecule has 1 amide bonds. The fourth-order valence-corrected chi connectivity index (χ4v) is 8.56. The van der Waals surface area contributed by atoms with E-state index in [9.17, 15) is 70.6 Å². The molecule has 3 rings (SSSR count). The Kier molecular flexibility index (Phi) is 26.8. The highest BCUT2D eigenvalue weighted by Gasteiger charge is 2.51. The van der Waals surface area contributed by atoms with Gasteiger partial charge in [-0.25, -0.2) is 4.79 Å². The van der Waals surface area contributed by atoms with Crippen molar-refractivity contribution in [3.8, 4) is 0 Å². The number of aliphatic hydroxyl groups is 11. The van der Waals surface area contributed by atoms with Gasteiger partial charge < -0.3 is 90.9 Å². The summed E-state index contributed by atoms with van der Waals surface area (Å²) in [4.78, 5) is 38.9. The van der Waals surface area contributed by atoms with Crippen molar-refractivity contribution in [2.45, 2.75) is 183 Å². The summed E-state index contributed by atoms with van der Waals surface area (Å²) >= 11 is 0. The number of carbonyl (C=O) groups is 3. The summed E-state index contributed by atoms with van der Waals surface area (Å²) in [6.07, 6.45) is 2.40. The number of hydrogen-bond acceptors (Lipinski definition) is 20. The normalized spacial score (nSPS) is 42.5. The van der Waals surface area contributed by atoms with E-state index in [-0.39, 0.29) is 38.0 Å². The first-order valence-corrected chi connectivity index (χ1v) is 24.5. The van der Waals surface area contributed by atoms with E-state index in [0.29, 0.717) is 0 Å². The zero-order chi connectivity index (χ0) is 53.7. The first kappa shape index (κ1) is 62.3. The molecule has 0 aliphatic carbocycles. The molecule has 408 valence electrons. The Bertz CT molecular complexity index is 1870. The van der Waals surface area contributed by atoms with Crippen LogP contribution in [0, 0.1) is 17.8 Å². The summed E-state index contributed by atoms with van der Waals surface area (Å²) in [7, 11) is 1.04. The molecule has 72 heavy (non-hydrogen) atoms. The summed E-state index contributed by atoms with van der Waals surface area (Å²) in [5.41, 5.74) is 6.08. The number of ether oxygens (including phenoxy) is 5. The number of amides is 1. The van der Waals surface area contributed by atoms with Gasteiger partial charge in [0.15, 0.2) is 18.1 Å². The molecular formula is C51H80N2O19. The Morgan fingerprint density at radius 2 is 1.28 bits per heavy atom. The Balaban J connectivity index is 1.97. The van der Waals surface area contributed by atoms with Crippen molar-refractivity contribution in [1.29, 1.82) is 0 Å². The fraction of sp³-hybridized carbons (Fsp3) is 0.667. The summed E-state index contributed by atoms with van der Waals surface area (Å²) in [5, 5.41) is 122. The van der Waals surface area contributed by atoms with Crippen molar-refractivity contribution >= 4 is 17.8 Å². The zero-order valence-corrected chi connectivity index (χ0v) is 41.7. The van der Waals surface area contributed by atoms with E-state index in [0.717, 1.165) is 7.11 Å². The molecule has 21 nitrogen and oxygen atoms in total. The van der Waals surface area contributed by atoms with Crippen LogP contribution in [-0.4, -0.2) is 191 Å². The SMILES string of the molecule is COC(=O)C(CO)NC(=O)[C@H]1[C@@H]2C[C@@H](O[C@@H]3O[C@H](C)[C@@H](O)[C@H](N)[C@@H]3O)/C=C/C=C/C=C/C=C/C=C/C=C/C=C/[C@H](C)[C@@H](O)[C@@H](C)[C@H](C)OC(=O)C[C@H](O)C[C@H](O)C[C@H](O)CC[C@@H](O)[C@H](O)C[C@](O)(C[C@@H]1O)O2. The first-order chi connectivity index (χ1) is 34.0. The molecule has 20 atom stereocenters. The van der Waals surface area contributed by atoms with Crippen LogP contribution in [0.15, 0.2) is 85.1 Å². The number of esters is 2. The molecule has 3 aliphatic heterocycles. The maximum Gasteiger partial charge on any atom is 0.330 e. The third-order valence-electron chi connectivity index (χ3n) is 13.0. The van der Waals surface area contributed by atoms with Crippen LogP contribution in [0.4, 0.5) is 0 Å². The van der Waals surface area contributed by atoms with Crippen LogP contribution in [0.5, 0.6) is 0 Å². The standard InChI is InChI=1S/C51H80N2O19/c1-29-18-16-14-12-10-8-6-7-9-11-13-15-17-19-36(71-50-47(64)44(52)46(63)32(4)70-50)25-41-43(48(65)53-37(28-54)49(66)68-5)40(60)27-51(67,72-41)26-39(59)38(58)21-20-33(55)22-34(56)23-35(57)24-42(61)69-31(3)30(2)45(29)62/h6-19,29-41,43-47,50,54-60,62-64,67H,20-28,52H2,1-5H3,(H,53,65)/b7-6+,10-8+,11-9+,14-12+,15-13+,18-16+,19-17+/t29-,30-,31-,32+,33+,34+,35+,36-,37?,38+,39+,40-,41-,43+,44-,45+,46+,47-,50-,51+/m0/s1. The van der Waals surface area contributed by atoms with Gasteiger partial charge in [-0.15, -0.1) is 0 Å². The number of cyclic esters (lactones) is 1. The van der Waals surface area contributed by atoms with Gasteiger partial charge in [0, 0.05) is 31.1 Å². The van der Waals surface area contributed by atoms with Gasteiger partial charge in [0.1, 0.15) is 12.2 Å². The monoisotopic (exact) mass is 1020 g/mol. The predicted octanol–water partition coefficient (Wildman–Crippen LogP) is -0.723. The van der Waals surface area contributed by atoms with Crippen LogP contribution < -0.4 is 11.1 Å². The van der Waals surface area contributed by atoms with Gasteiger partial charge in [-0.3, -0.25) is 9.59 Å². The van der Waals surface area contributed by atoms with Gasteiger partial charge in [-0.1, -0.05) is 98.9 Å². The van der Waals surface area contributed by atoms with Crippen molar-refractivity contribution in [2.75, 3.05) is 13.7 Å². The van der Waals surface area contributed by atoms with Gasteiger partial charge in [0.2, 0.25) is 5.91 Å². The van der Waals surface area contributed by atoms with Crippen LogP contribution >= 0.6 is 0 Å². The number of rotatable bonds is 6. The van der Waals surface area contributed by atoms with E-state index in [1.165, 1.54) is 13.0 Å². The summed E-state index contributed by atoms with van der Waals surface area (Å²) < 4.78 is 28.2. The topological polar surface area (TPSA) is 358 Å². The van der Waals surface area contributed by atoms with E-state index in [4.69, 9.17) is 24.7 Å². The Labute approximate surface area is 421 Å². The highest BCUT2D eigenvalue weighted by Crippen LogP contribution is 2.38. The molecular weight excluding hydrogens is 945 g/mol. The number of fused-ring (bicyclic) bond motifs is 2. The largest absolute Gasteiger partial charge is 0.467 e. The number of nitrogens with two attached hydrogens (primary N) is 1. The van der Waals surface area contributed by atoms with Crippen molar-refractivity contribution in [3.63, 3.8) is 0 Å².